The molecule has 2 rings (SSSR count). The lowest BCUT2D eigenvalue weighted by molar-refractivity contribution is 1.04. The highest BCUT2D eigenvalue weighted by Crippen LogP contribution is 2.28. The van der Waals surface area contributed by atoms with E-state index in [0.29, 0.717) is 5.02 Å². The standard InChI is InChI=1S/C11H9BrClN3/c1-14-11-5-4-10(15-16-11)8-3-2-7(12)6-9(8)13/h2-6H,1H3,(H,14,16). The van der Waals surface area contributed by atoms with Gasteiger partial charge in [-0.25, -0.2) is 0 Å². The van der Waals surface area contributed by atoms with E-state index in [0.717, 1.165) is 21.5 Å². The Bertz CT molecular complexity index is 499. The molecule has 82 valence electrons. The van der Waals surface area contributed by atoms with Crippen LogP contribution in [0.25, 0.3) is 11.3 Å². The van der Waals surface area contributed by atoms with Gasteiger partial charge in [-0.15, -0.1) is 10.2 Å². The number of hydrogen-bond acceptors (Lipinski definition) is 3. The summed E-state index contributed by atoms with van der Waals surface area (Å²) in [5.74, 6) is 0.733. The smallest absolute Gasteiger partial charge is 0.148 e. The van der Waals surface area contributed by atoms with Gasteiger partial charge in [0.25, 0.3) is 0 Å². The molecule has 0 bridgehead atoms. The summed E-state index contributed by atoms with van der Waals surface area (Å²) < 4.78 is 0.945. The summed E-state index contributed by atoms with van der Waals surface area (Å²) in [4.78, 5) is 0. The van der Waals surface area contributed by atoms with Crippen LogP contribution in [0.1, 0.15) is 0 Å². The van der Waals surface area contributed by atoms with E-state index in [4.69, 9.17) is 11.6 Å². The zero-order valence-electron chi connectivity index (χ0n) is 8.54. The zero-order valence-corrected chi connectivity index (χ0v) is 10.9. The van der Waals surface area contributed by atoms with E-state index in [1.165, 1.54) is 0 Å². The monoisotopic (exact) mass is 297 g/mol. The van der Waals surface area contributed by atoms with Gasteiger partial charge in [0.05, 0.1) is 10.7 Å². The van der Waals surface area contributed by atoms with Crippen molar-refractivity contribution in [1.29, 1.82) is 0 Å². The first-order valence-electron chi connectivity index (χ1n) is 4.67. The number of rotatable bonds is 2. The Morgan fingerprint density at radius 2 is 2.00 bits per heavy atom. The minimum atomic E-state index is 0.654. The van der Waals surface area contributed by atoms with Gasteiger partial charge >= 0.3 is 0 Å². The molecule has 2 aromatic rings. The maximum absolute atomic E-state index is 6.12. The summed E-state index contributed by atoms with van der Waals surface area (Å²) in [6, 6.07) is 9.42. The fraction of sp³-hybridized carbons (Fsp3) is 0.0909. The molecular formula is C11H9BrClN3. The predicted molar refractivity (Wildman–Crippen MR) is 69.7 cm³/mol. The molecule has 0 radical (unpaired) electrons. The van der Waals surface area contributed by atoms with Crippen molar-refractivity contribution in [3.63, 3.8) is 0 Å². The topological polar surface area (TPSA) is 37.8 Å². The molecule has 0 aliphatic rings. The zero-order chi connectivity index (χ0) is 11.5. The van der Waals surface area contributed by atoms with Gasteiger partial charge < -0.3 is 5.32 Å². The van der Waals surface area contributed by atoms with Gasteiger partial charge in [-0.3, -0.25) is 0 Å². The van der Waals surface area contributed by atoms with Gasteiger partial charge in [0.2, 0.25) is 0 Å². The molecule has 0 saturated carbocycles. The van der Waals surface area contributed by atoms with Crippen molar-refractivity contribution in [2.75, 3.05) is 12.4 Å². The summed E-state index contributed by atoms with van der Waals surface area (Å²) in [6.45, 7) is 0. The summed E-state index contributed by atoms with van der Waals surface area (Å²) >= 11 is 9.49. The molecule has 3 nitrogen and oxygen atoms in total. The molecule has 5 heteroatoms. The second-order valence-electron chi connectivity index (χ2n) is 3.18. The van der Waals surface area contributed by atoms with Crippen molar-refractivity contribution in [3.05, 3.63) is 39.8 Å². The Kier molecular flexibility index (Phi) is 3.41. The molecule has 0 saturated heterocycles. The van der Waals surface area contributed by atoms with Crippen LogP contribution in [0.3, 0.4) is 0 Å². The average molecular weight is 299 g/mol. The second kappa shape index (κ2) is 4.80. The number of benzene rings is 1. The molecule has 0 unspecified atom stereocenters. The van der Waals surface area contributed by atoms with E-state index in [1.54, 1.807) is 7.05 Å². The van der Waals surface area contributed by atoms with E-state index < -0.39 is 0 Å². The molecular weight excluding hydrogens is 289 g/mol. The maximum Gasteiger partial charge on any atom is 0.148 e. The SMILES string of the molecule is CNc1ccc(-c2ccc(Br)cc2Cl)nn1. The Morgan fingerprint density at radius 1 is 1.19 bits per heavy atom. The van der Waals surface area contributed by atoms with Gasteiger partial charge in [-0.05, 0) is 24.3 Å². The maximum atomic E-state index is 6.12. The third-order valence-electron chi connectivity index (χ3n) is 2.13. The molecule has 0 fully saturated rings. The first-order valence-corrected chi connectivity index (χ1v) is 5.84. The van der Waals surface area contributed by atoms with Crippen molar-refractivity contribution in [3.8, 4) is 11.3 Å². The van der Waals surface area contributed by atoms with Crippen LogP contribution in [0, 0.1) is 0 Å². The number of nitrogens with zero attached hydrogens (tertiary/aromatic N) is 2. The molecule has 1 heterocycles. The highest BCUT2D eigenvalue weighted by molar-refractivity contribution is 9.10. The van der Waals surface area contributed by atoms with E-state index in [2.05, 4.69) is 31.4 Å². The summed E-state index contributed by atoms with van der Waals surface area (Å²) in [6.07, 6.45) is 0. The Labute approximate surface area is 107 Å². The van der Waals surface area contributed by atoms with Crippen LogP contribution >= 0.6 is 27.5 Å². The van der Waals surface area contributed by atoms with Crippen LogP contribution in [-0.2, 0) is 0 Å². The lowest BCUT2D eigenvalue weighted by Gasteiger charge is -2.04. The lowest BCUT2D eigenvalue weighted by atomic mass is 10.1. The number of anilines is 1. The minimum absolute atomic E-state index is 0.654. The third kappa shape index (κ3) is 2.33. The fourth-order valence-electron chi connectivity index (χ4n) is 1.31. The predicted octanol–water partition coefficient (Wildman–Crippen LogP) is 3.60. The average Bonchev–Trinajstić information content (AvgIpc) is 2.29. The summed E-state index contributed by atoms with van der Waals surface area (Å²) in [5, 5.41) is 11.7. The van der Waals surface area contributed by atoms with Crippen molar-refractivity contribution < 1.29 is 0 Å². The first kappa shape index (κ1) is 11.4. The van der Waals surface area contributed by atoms with Crippen LogP contribution < -0.4 is 5.32 Å². The molecule has 1 aromatic carbocycles. The molecule has 16 heavy (non-hydrogen) atoms. The number of hydrogen-bond donors (Lipinski definition) is 1. The molecule has 1 aromatic heterocycles. The Balaban J connectivity index is 2.42. The van der Waals surface area contributed by atoms with Gasteiger partial charge in [-0.2, -0.15) is 0 Å². The van der Waals surface area contributed by atoms with Crippen molar-refractivity contribution >= 4 is 33.3 Å². The van der Waals surface area contributed by atoms with E-state index >= 15 is 0 Å². The highest BCUT2D eigenvalue weighted by atomic mass is 79.9. The van der Waals surface area contributed by atoms with Gasteiger partial charge in [0.1, 0.15) is 5.82 Å². The van der Waals surface area contributed by atoms with Crippen LogP contribution in [0.2, 0.25) is 5.02 Å². The molecule has 0 aliphatic heterocycles. The summed E-state index contributed by atoms with van der Waals surface area (Å²) in [5.41, 5.74) is 1.64. The van der Waals surface area contributed by atoms with Gasteiger partial charge in [-0.1, -0.05) is 33.6 Å². The normalized spacial score (nSPS) is 10.2. The van der Waals surface area contributed by atoms with Crippen LogP contribution in [0.5, 0.6) is 0 Å². The molecule has 0 aliphatic carbocycles. The number of nitrogens with one attached hydrogen (secondary N) is 1. The van der Waals surface area contributed by atoms with E-state index in [1.807, 2.05) is 30.3 Å². The van der Waals surface area contributed by atoms with E-state index in [-0.39, 0.29) is 0 Å². The van der Waals surface area contributed by atoms with Gasteiger partial charge in [0.15, 0.2) is 0 Å². The number of halogens is 2. The largest absolute Gasteiger partial charge is 0.372 e. The molecule has 0 amide bonds. The van der Waals surface area contributed by atoms with Crippen molar-refractivity contribution in [1.82, 2.24) is 10.2 Å². The van der Waals surface area contributed by atoms with Crippen LogP contribution in [-0.4, -0.2) is 17.2 Å². The fourth-order valence-corrected chi connectivity index (χ4v) is 2.08. The van der Waals surface area contributed by atoms with Crippen molar-refractivity contribution in [2.24, 2.45) is 0 Å². The second-order valence-corrected chi connectivity index (χ2v) is 4.50. The molecule has 1 N–H and O–H groups in total. The number of aromatic nitrogens is 2. The lowest BCUT2D eigenvalue weighted by Crippen LogP contribution is -1.95. The third-order valence-corrected chi connectivity index (χ3v) is 2.93. The van der Waals surface area contributed by atoms with Crippen LogP contribution in [0.15, 0.2) is 34.8 Å². The minimum Gasteiger partial charge on any atom is -0.372 e. The highest BCUT2D eigenvalue weighted by Gasteiger charge is 2.05. The van der Waals surface area contributed by atoms with Crippen molar-refractivity contribution in [2.45, 2.75) is 0 Å². The summed E-state index contributed by atoms with van der Waals surface area (Å²) in [7, 11) is 1.80. The Morgan fingerprint density at radius 3 is 2.56 bits per heavy atom. The molecule has 0 spiro atoms. The Hall–Kier alpha value is -1.13. The van der Waals surface area contributed by atoms with Crippen LogP contribution in [0.4, 0.5) is 5.82 Å². The first-order chi connectivity index (χ1) is 7.70. The quantitative estimate of drug-likeness (QED) is 0.920. The van der Waals surface area contributed by atoms with Gasteiger partial charge in [0, 0.05) is 17.1 Å². The molecule has 0 atom stereocenters. The van der Waals surface area contributed by atoms with E-state index in [9.17, 15) is 0 Å².